The summed E-state index contributed by atoms with van der Waals surface area (Å²) in [5, 5.41) is 13.9. The Bertz CT molecular complexity index is 722. The molecule has 25 heavy (non-hydrogen) atoms. The van der Waals surface area contributed by atoms with E-state index in [0.29, 0.717) is 17.5 Å². The van der Waals surface area contributed by atoms with E-state index >= 15 is 0 Å². The fourth-order valence-corrected chi connectivity index (χ4v) is 2.74. The van der Waals surface area contributed by atoms with Gasteiger partial charge in [0.05, 0.1) is 17.7 Å². The molecule has 2 N–H and O–H groups in total. The number of halogens is 3. The minimum atomic E-state index is -0.958. The monoisotopic (exact) mass is 480 g/mol. The van der Waals surface area contributed by atoms with Crippen molar-refractivity contribution in [3.05, 3.63) is 58.6 Å². The quantitative estimate of drug-likeness (QED) is 0.393. The van der Waals surface area contributed by atoms with Crippen molar-refractivity contribution in [1.82, 2.24) is 14.8 Å². The Labute approximate surface area is 169 Å². The van der Waals surface area contributed by atoms with Crippen LogP contribution in [0.2, 0.25) is 5.02 Å². The molecule has 0 aliphatic heterocycles. The number of nitrogens with zero attached hydrogens (tertiary/aromatic N) is 3. The lowest BCUT2D eigenvalue weighted by Gasteiger charge is -2.23. The minimum Gasteiger partial charge on any atom is -0.386 e. The normalized spacial score (nSPS) is 12.5. The largest absolute Gasteiger partial charge is 0.386 e. The Morgan fingerprint density at radius 3 is 2.68 bits per heavy atom. The molecular formula is C17H23ClFIN4O. The van der Waals surface area contributed by atoms with Crippen LogP contribution in [0.4, 0.5) is 4.39 Å². The van der Waals surface area contributed by atoms with E-state index in [1.807, 2.05) is 35.8 Å². The molecule has 0 saturated heterocycles. The standard InChI is InChI=1S/C17H22ClFN4O.HI/c1-20-17(23(3)11-13-8-12(18)10-22(13)2)21-9-16(24)14-6-4-5-7-15(14)19;/h4-8,10,16,24H,9,11H2,1-3H3,(H,20,21);1H. The third kappa shape index (κ3) is 5.86. The molecule has 0 amide bonds. The van der Waals surface area contributed by atoms with Crippen LogP contribution in [-0.4, -0.2) is 41.2 Å². The maximum Gasteiger partial charge on any atom is 0.193 e. The van der Waals surface area contributed by atoms with Crippen molar-refractivity contribution in [2.75, 3.05) is 20.6 Å². The molecule has 5 nitrogen and oxygen atoms in total. The lowest BCUT2D eigenvalue weighted by molar-refractivity contribution is 0.175. The molecule has 138 valence electrons. The number of rotatable bonds is 5. The fourth-order valence-electron chi connectivity index (χ4n) is 2.47. The molecule has 0 aliphatic carbocycles. The molecule has 1 aromatic carbocycles. The van der Waals surface area contributed by atoms with Gasteiger partial charge in [0.25, 0.3) is 0 Å². The van der Waals surface area contributed by atoms with E-state index < -0.39 is 11.9 Å². The van der Waals surface area contributed by atoms with Crippen molar-refractivity contribution < 1.29 is 9.50 Å². The molecule has 0 bridgehead atoms. The zero-order chi connectivity index (χ0) is 17.7. The van der Waals surface area contributed by atoms with Crippen molar-refractivity contribution in [3.8, 4) is 0 Å². The smallest absolute Gasteiger partial charge is 0.193 e. The van der Waals surface area contributed by atoms with E-state index in [0.717, 1.165) is 5.69 Å². The van der Waals surface area contributed by atoms with Crippen LogP contribution >= 0.6 is 35.6 Å². The molecule has 2 aromatic rings. The molecule has 1 unspecified atom stereocenters. The van der Waals surface area contributed by atoms with Crippen LogP contribution in [0.25, 0.3) is 0 Å². The summed E-state index contributed by atoms with van der Waals surface area (Å²) in [5.41, 5.74) is 1.29. The van der Waals surface area contributed by atoms with Crippen LogP contribution in [0.1, 0.15) is 17.4 Å². The summed E-state index contributed by atoms with van der Waals surface area (Å²) in [4.78, 5) is 6.10. The first-order valence-corrected chi connectivity index (χ1v) is 7.95. The number of aliphatic hydroxyl groups is 1. The number of guanidine groups is 1. The van der Waals surface area contributed by atoms with Crippen molar-refractivity contribution >= 4 is 41.5 Å². The average Bonchev–Trinajstić information content (AvgIpc) is 2.85. The van der Waals surface area contributed by atoms with E-state index in [1.54, 1.807) is 25.2 Å². The van der Waals surface area contributed by atoms with Gasteiger partial charge in [0.1, 0.15) is 5.82 Å². The molecule has 0 fully saturated rings. The van der Waals surface area contributed by atoms with Crippen molar-refractivity contribution in [1.29, 1.82) is 0 Å². The van der Waals surface area contributed by atoms with Crippen molar-refractivity contribution in [3.63, 3.8) is 0 Å². The maximum atomic E-state index is 13.7. The number of benzene rings is 1. The number of aromatic nitrogens is 1. The molecule has 1 atom stereocenters. The fraction of sp³-hybridized carbons (Fsp3) is 0.353. The Balaban J connectivity index is 0.00000312. The molecule has 1 aromatic heterocycles. The van der Waals surface area contributed by atoms with Crippen LogP contribution < -0.4 is 5.32 Å². The highest BCUT2D eigenvalue weighted by Crippen LogP contribution is 2.16. The molecule has 1 heterocycles. The van der Waals surface area contributed by atoms with Gasteiger partial charge in [-0.25, -0.2) is 4.39 Å². The predicted octanol–water partition coefficient (Wildman–Crippen LogP) is 3.18. The first-order valence-electron chi connectivity index (χ1n) is 7.57. The molecular weight excluding hydrogens is 458 g/mol. The Kier molecular flexibility index (Phi) is 8.67. The molecule has 8 heteroatoms. The Morgan fingerprint density at radius 2 is 2.12 bits per heavy atom. The molecule has 2 rings (SSSR count). The number of nitrogens with one attached hydrogen (secondary N) is 1. The van der Waals surface area contributed by atoms with Gasteiger partial charge >= 0.3 is 0 Å². The maximum absolute atomic E-state index is 13.7. The number of aliphatic hydroxyl groups excluding tert-OH is 1. The first kappa shape index (κ1) is 21.7. The van der Waals surface area contributed by atoms with E-state index in [-0.39, 0.29) is 36.1 Å². The zero-order valence-corrected chi connectivity index (χ0v) is 17.5. The van der Waals surface area contributed by atoms with E-state index in [2.05, 4.69) is 10.3 Å². The first-order chi connectivity index (χ1) is 11.4. The number of hydrogen-bond donors (Lipinski definition) is 2. The van der Waals surface area contributed by atoms with E-state index in [4.69, 9.17) is 11.6 Å². The highest BCUT2D eigenvalue weighted by molar-refractivity contribution is 14.0. The van der Waals surface area contributed by atoms with Gasteiger partial charge in [0.2, 0.25) is 0 Å². The minimum absolute atomic E-state index is 0. The molecule has 0 aliphatic rings. The summed E-state index contributed by atoms with van der Waals surface area (Å²) >= 11 is 5.99. The predicted molar refractivity (Wildman–Crippen MR) is 110 cm³/mol. The Morgan fingerprint density at radius 1 is 1.44 bits per heavy atom. The van der Waals surface area contributed by atoms with E-state index in [1.165, 1.54) is 6.07 Å². The third-order valence-corrected chi connectivity index (χ3v) is 3.97. The third-order valence-electron chi connectivity index (χ3n) is 3.76. The second-order valence-corrected chi connectivity index (χ2v) is 6.02. The second-order valence-electron chi connectivity index (χ2n) is 5.58. The average molecular weight is 481 g/mol. The van der Waals surface area contributed by atoms with Gasteiger partial charge in [-0.05, 0) is 12.1 Å². The number of hydrogen-bond acceptors (Lipinski definition) is 2. The van der Waals surface area contributed by atoms with Gasteiger partial charge < -0.3 is 19.9 Å². The van der Waals surface area contributed by atoms with Crippen LogP contribution in [0.3, 0.4) is 0 Å². The summed E-state index contributed by atoms with van der Waals surface area (Å²) < 4.78 is 15.6. The van der Waals surface area contributed by atoms with E-state index in [9.17, 15) is 9.50 Å². The van der Waals surface area contributed by atoms with Crippen LogP contribution in [0.15, 0.2) is 41.5 Å². The van der Waals surface area contributed by atoms with Crippen molar-refractivity contribution in [2.45, 2.75) is 12.6 Å². The lowest BCUT2D eigenvalue weighted by Crippen LogP contribution is -2.40. The summed E-state index contributed by atoms with van der Waals surface area (Å²) in [5.74, 6) is 0.177. The van der Waals surface area contributed by atoms with Gasteiger partial charge in [0, 0.05) is 45.1 Å². The summed E-state index contributed by atoms with van der Waals surface area (Å²) in [6, 6.07) is 8.08. The number of aryl methyl sites for hydroxylation is 1. The topological polar surface area (TPSA) is 52.8 Å². The lowest BCUT2D eigenvalue weighted by atomic mass is 10.1. The van der Waals surface area contributed by atoms with Gasteiger partial charge in [-0.3, -0.25) is 4.99 Å². The second kappa shape index (κ2) is 9.98. The SMILES string of the molecule is CN=C(NCC(O)c1ccccc1F)N(C)Cc1cc(Cl)cn1C.I. The van der Waals surface area contributed by atoms with Gasteiger partial charge in [0.15, 0.2) is 5.96 Å². The van der Waals surface area contributed by atoms with Gasteiger partial charge in [-0.15, -0.1) is 24.0 Å². The molecule has 0 saturated carbocycles. The van der Waals surface area contributed by atoms with Crippen LogP contribution in [0.5, 0.6) is 0 Å². The summed E-state index contributed by atoms with van der Waals surface area (Å²) in [6.45, 7) is 0.754. The number of aliphatic imine (C=N–C) groups is 1. The highest BCUT2D eigenvalue weighted by Gasteiger charge is 2.15. The summed E-state index contributed by atoms with van der Waals surface area (Å²) in [7, 11) is 5.46. The molecule has 0 spiro atoms. The summed E-state index contributed by atoms with van der Waals surface area (Å²) in [6.07, 6.45) is 0.879. The van der Waals surface area contributed by atoms with Crippen LogP contribution in [-0.2, 0) is 13.6 Å². The van der Waals surface area contributed by atoms with Crippen LogP contribution in [0, 0.1) is 5.82 Å². The molecule has 0 radical (unpaired) electrons. The zero-order valence-electron chi connectivity index (χ0n) is 14.4. The Hall–Kier alpha value is -1.32. The highest BCUT2D eigenvalue weighted by atomic mass is 127. The van der Waals surface area contributed by atoms with Crippen molar-refractivity contribution in [2.24, 2.45) is 12.0 Å². The van der Waals surface area contributed by atoms with Gasteiger partial charge in [-0.2, -0.15) is 0 Å². The van der Waals surface area contributed by atoms with Gasteiger partial charge in [-0.1, -0.05) is 29.8 Å².